The molecule has 0 amide bonds. The van der Waals surface area contributed by atoms with Crippen molar-refractivity contribution in [2.75, 3.05) is 18.0 Å². The molecule has 0 radical (unpaired) electrons. The molecule has 37 heavy (non-hydrogen) atoms. The Labute approximate surface area is 214 Å². The number of fused-ring (bicyclic) bond motifs is 3. The fraction of sp³-hybridized carbons (Fsp3) is 0.433. The molecule has 194 valence electrons. The standard InChI is InChI=1S/C30H30F4N2O/c1-17-26-15-20-14-23(4-5-25(20)29(17)26)37-16-21-13-19(3-7-27(21)31)24-6-8-28(35-18(24)2)36-11-9-22(10-12-36)30(32,33)34/h3-8,13-14,17,22,26,29H,9-12,15-16H2,1-2H3/t17-,26-,29-/m0/s1. The summed E-state index contributed by atoms with van der Waals surface area (Å²) in [5, 5.41) is 0. The highest BCUT2D eigenvalue weighted by atomic mass is 19.4. The largest absolute Gasteiger partial charge is 0.489 e. The van der Waals surface area contributed by atoms with E-state index in [2.05, 4.69) is 24.0 Å². The van der Waals surface area contributed by atoms with Crippen LogP contribution in [0.3, 0.4) is 0 Å². The maximum atomic E-state index is 14.6. The number of pyridine rings is 1. The fourth-order valence-electron chi connectivity index (χ4n) is 6.28. The second-order valence-electron chi connectivity index (χ2n) is 10.8. The van der Waals surface area contributed by atoms with Crippen LogP contribution in [-0.4, -0.2) is 24.2 Å². The summed E-state index contributed by atoms with van der Waals surface area (Å²) in [5.41, 5.74) is 5.70. The average molecular weight is 511 g/mol. The number of aryl methyl sites for hydroxylation is 1. The number of ether oxygens (including phenoxy) is 1. The van der Waals surface area contributed by atoms with Crippen LogP contribution in [0.2, 0.25) is 0 Å². The van der Waals surface area contributed by atoms with Crippen LogP contribution in [0.25, 0.3) is 11.1 Å². The van der Waals surface area contributed by atoms with Crippen LogP contribution < -0.4 is 9.64 Å². The van der Waals surface area contributed by atoms with Gasteiger partial charge in [0.15, 0.2) is 0 Å². The Morgan fingerprint density at radius 2 is 1.81 bits per heavy atom. The molecule has 0 N–H and O–H groups in total. The lowest BCUT2D eigenvalue weighted by atomic mass is 9.96. The number of piperidine rings is 1. The van der Waals surface area contributed by atoms with Gasteiger partial charge in [-0.2, -0.15) is 13.2 Å². The lowest BCUT2D eigenvalue weighted by Gasteiger charge is -2.33. The fourth-order valence-corrected chi connectivity index (χ4v) is 6.28. The summed E-state index contributed by atoms with van der Waals surface area (Å²) in [6, 6.07) is 15.0. The average Bonchev–Trinajstić information content (AvgIpc) is 3.33. The van der Waals surface area contributed by atoms with Crippen LogP contribution in [0.15, 0.2) is 48.5 Å². The molecule has 2 aromatic carbocycles. The first-order chi connectivity index (χ1) is 17.7. The molecule has 7 heteroatoms. The maximum absolute atomic E-state index is 14.6. The third kappa shape index (κ3) is 4.57. The zero-order chi connectivity index (χ0) is 25.9. The molecular weight excluding hydrogens is 480 g/mol. The van der Waals surface area contributed by atoms with Crippen molar-refractivity contribution in [3.63, 3.8) is 0 Å². The van der Waals surface area contributed by atoms with Crippen molar-refractivity contribution >= 4 is 5.82 Å². The second kappa shape index (κ2) is 9.03. The van der Waals surface area contributed by atoms with Gasteiger partial charge in [-0.05, 0) is 97.0 Å². The molecule has 0 bridgehead atoms. The van der Waals surface area contributed by atoms with E-state index in [1.165, 1.54) is 17.2 Å². The van der Waals surface area contributed by atoms with Crippen LogP contribution in [0.1, 0.15) is 48.1 Å². The highest BCUT2D eigenvalue weighted by Gasteiger charge is 2.52. The Hall–Kier alpha value is -3.09. The minimum Gasteiger partial charge on any atom is -0.489 e. The second-order valence-corrected chi connectivity index (χ2v) is 10.8. The first-order valence-corrected chi connectivity index (χ1v) is 13.0. The molecule has 1 aliphatic heterocycles. The monoisotopic (exact) mass is 510 g/mol. The van der Waals surface area contributed by atoms with Crippen molar-refractivity contribution < 1.29 is 22.3 Å². The van der Waals surface area contributed by atoms with Gasteiger partial charge in [0.1, 0.15) is 24.0 Å². The van der Waals surface area contributed by atoms with Gasteiger partial charge < -0.3 is 9.64 Å². The number of hydrogen-bond acceptors (Lipinski definition) is 3. The third-order valence-corrected chi connectivity index (χ3v) is 8.60. The van der Waals surface area contributed by atoms with Gasteiger partial charge in [0.2, 0.25) is 0 Å². The van der Waals surface area contributed by atoms with E-state index in [0.29, 0.717) is 30.4 Å². The molecule has 6 rings (SSSR count). The SMILES string of the molecule is Cc1nc(N2CCC(C(F)(F)F)CC2)ccc1-c1ccc(F)c(COc2ccc3c(c2)C[C@H]2[C@H](C)[C@@H]32)c1. The van der Waals surface area contributed by atoms with E-state index < -0.39 is 12.1 Å². The number of halogens is 4. The minimum atomic E-state index is -4.14. The van der Waals surface area contributed by atoms with Crippen LogP contribution in [0.5, 0.6) is 5.75 Å². The van der Waals surface area contributed by atoms with Gasteiger partial charge in [-0.3, -0.25) is 0 Å². The van der Waals surface area contributed by atoms with Crippen molar-refractivity contribution in [3.05, 3.63) is 76.7 Å². The Balaban J connectivity index is 1.14. The predicted octanol–water partition coefficient (Wildman–Crippen LogP) is 7.46. The van der Waals surface area contributed by atoms with E-state index in [4.69, 9.17) is 4.74 Å². The number of anilines is 1. The Morgan fingerprint density at radius 3 is 2.54 bits per heavy atom. The maximum Gasteiger partial charge on any atom is 0.391 e. The first kappa shape index (κ1) is 24.3. The smallest absolute Gasteiger partial charge is 0.391 e. The van der Waals surface area contributed by atoms with Gasteiger partial charge in [-0.25, -0.2) is 9.37 Å². The highest BCUT2D eigenvalue weighted by Crippen LogP contribution is 2.61. The quantitative estimate of drug-likeness (QED) is 0.333. The summed E-state index contributed by atoms with van der Waals surface area (Å²) in [4.78, 5) is 6.58. The lowest BCUT2D eigenvalue weighted by molar-refractivity contribution is -0.179. The molecule has 2 fully saturated rings. The van der Waals surface area contributed by atoms with Crippen molar-refractivity contribution in [1.29, 1.82) is 0 Å². The minimum absolute atomic E-state index is 0.0812. The number of nitrogens with zero attached hydrogens (tertiary/aromatic N) is 2. The topological polar surface area (TPSA) is 25.4 Å². The normalized spacial score (nSPS) is 23.1. The molecule has 0 spiro atoms. The Kier molecular flexibility index (Phi) is 5.92. The van der Waals surface area contributed by atoms with E-state index in [1.54, 1.807) is 12.1 Å². The molecule has 3 atom stereocenters. The van der Waals surface area contributed by atoms with E-state index in [-0.39, 0.29) is 25.3 Å². The number of aromatic nitrogens is 1. The number of rotatable bonds is 5. The molecule has 1 saturated carbocycles. The number of benzene rings is 2. The Morgan fingerprint density at radius 1 is 1.03 bits per heavy atom. The van der Waals surface area contributed by atoms with E-state index in [0.717, 1.165) is 40.8 Å². The van der Waals surface area contributed by atoms with Crippen LogP contribution in [-0.2, 0) is 13.0 Å². The van der Waals surface area contributed by atoms with Crippen molar-refractivity contribution in [2.24, 2.45) is 17.8 Å². The summed E-state index contributed by atoms with van der Waals surface area (Å²) < 4.78 is 59.6. The summed E-state index contributed by atoms with van der Waals surface area (Å²) >= 11 is 0. The molecule has 3 aliphatic rings. The molecule has 2 heterocycles. The summed E-state index contributed by atoms with van der Waals surface area (Å²) in [6.45, 7) is 4.97. The van der Waals surface area contributed by atoms with Gasteiger partial charge in [0.25, 0.3) is 0 Å². The molecule has 3 aromatic rings. The molecule has 1 aromatic heterocycles. The molecule has 3 nitrogen and oxygen atoms in total. The molecular formula is C30H30F4N2O. The van der Waals surface area contributed by atoms with Gasteiger partial charge in [0, 0.05) is 29.9 Å². The summed E-state index contributed by atoms with van der Waals surface area (Å²) in [6.07, 6.45) is -2.87. The molecule has 1 saturated heterocycles. The van der Waals surface area contributed by atoms with Crippen LogP contribution in [0, 0.1) is 30.5 Å². The van der Waals surface area contributed by atoms with Crippen LogP contribution in [0.4, 0.5) is 23.4 Å². The number of alkyl halides is 3. The van der Waals surface area contributed by atoms with Crippen LogP contribution >= 0.6 is 0 Å². The predicted molar refractivity (Wildman–Crippen MR) is 135 cm³/mol. The van der Waals surface area contributed by atoms with Gasteiger partial charge >= 0.3 is 6.18 Å². The zero-order valence-electron chi connectivity index (χ0n) is 21.0. The summed E-state index contributed by atoms with van der Waals surface area (Å²) in [7, 11) is 0. The molecule has 2 aliphatic carbocycles. The van der Waals surface area contributed by atoms with Gasteiger partial charge in [-0.15, -0.1) is 0 Å². The van der Waals surface area contributed by atoms with Gasteiger partial charge in [-0.1, -0.05) is 19.1 Å². The van der Waals surface area contributed by atoms with E-state index in [1.807, 2.05) is 30.0 Å². The van der Waals surface area contributed by atoms with Gasteiger partial charge in [0.05, 0.1) is 5.92 Å². The molecule has 0 unspecified atom stereocenters. The summed E-state index contributed by atoms with van der Waals surface area (Å²) in [5.74, 6) is 2.13. The van der Waals surface area contributed by atoms with E-state index in [9.17, 15) is 17.6 Å². The third-order valence-electron chi connectivity index (χ3n) is 8.60. The number of hydrogen-bond donors (Lipinski definition) is 0. The Bertz CT molecular complexity index is 1330. The van der Waals surface area contributed by atoms with Crippen molar-refractivity contribution in [1.82, 2.24) is 4.98 Å². The van der Waals surface area contributed by atoms with Crippen molar-refractivity contribution in [3.8, 4) is 16.9 Å². The van der Waals surface area contributed by atoms with E-state index >= 15 is 0 Å². The highest BCUT2D eigenvalue weighted by molar-refractivity contribution is 5.68. The lowest BCUT2D eigenvalue weighted by Crippen LogP contribution is -2.39. The first-order valence-electron chi connectivity index (χ1n) is 13.0. The zero-order valence-corrected chi connectivity index (χ0v) is 21.0. The van der Waals surface area contributed by atoms with Crippen molar-refractivity contribution in [2.45, 2.75) is 51.8 Å².